The van der Waals surface area contributed by atoms with Crippen LogP contribution >= 0.6 is 15.9 Å². The van der Waals surface area contributed by atoms with Crippen LogP contribution in [0.15, 0.2) is 22.8 Å². The lowest BCUT2D eigenvalue weighted by Crippen LogP contribution is -2.32. The number of hydrogen-bond acceptors (Lipinski definition) is 2. The Hall–Kier alpha value is -0.410. The summed E-state index contributed by atoms with van der Waals surface area (Å²) in [5.74, 6) is 1.92. The molecule has 0 aromatic carbocycles. The average molecular weight is 281 g/mol. The van der Waals surface area contributed by atoms with Gasteiger partial charge in [0.25, 0.3) is 0 Å². The number of nitrogens with zero attached hydrogens (tertiary/aromatic N) is 1. The van der Waals surface area contributed by atoms with E-state index in [2.05, 4.69) is 38.4 Å². The van der Waals surface area contributed by atoms with Gasteiger partial charge in [0.05, 0.1) is 5.69 Å². The molecule has 0 saturated heterocycles. The Morgan fingerprint density at radius 2 is 1.94 bits per heavy atom. The van der Waals surface area contributed by atoms with E-state index in [1.165, 1.54) is 25.7 Å². The largest absolute Gasteiger partial charge is 0.308 e. The van der Waals surface area contributed by atoms with Gasteiger partial charge in [-0.05, 0) is 65.6 Å². The van der Waals surface area contributed by atoms with Gasteiger partial charge in [-0.15, -0.1) is 0 Å². The minimum Gasteiger partial charge on any atom is -0.308 e. The standard InChI is InChI=1S/C13H17BrN2/c14-12-3-1-2-11(16-12)8-15-13(9-4-5-9)10-6-7-10/h1-3,9-10,13,15H,4-8H2. The van der Waals surface area contributed by atoms with Crippen LogP contribution in [0, 0.1) is 11.8 Å². The molecule has 16 heavy (non-hydrogen) atoms. The Morgan fingerprint density at radius 1 is 1.25 bits per heavy atom. The van der Waals surface area contributed by atoms with E-state index in [0.29, 0.717) is 0 Å². The summed E-state index contributed by atoms with van der Waals surface area (Å²) in [5.41, 5.74) is 1.14. The normalized spacial score (nSPS) is 20.4. The Bertz CT molecular complexity index is 360. The van der Waals surface area contributed by atoms with Crippen LogP contribution in [-0.4, -0.2) is 11.0 Å². The third kappa shape index (κ3) is 2.64. The van der Waals surface area contributed by atoms with Gasteiger partial charge in [-0.25, -0.2) is 4.98 Å². The highest BCUT2D eigenvalue weighted by Crippen LogP contribution is 2.44. The first kappa shape index (κ1) is 10.7. The molecule has 86 valence electrons. The predicted molar refractivity (Wildman–Crippen MR) is 68.0 cm³/mol. The van der Waals surface area contributed by atoms with Crippen molar-refractivity contribution in [3.05, 3.63) is 28.5 Å². The summed E-state index contributed by atoms with van der Waals surface area (Å²) in [6.45, 7) is 0.914. The van der Waals surface area contributed by atoms with E-state index in [-0.39, 0.29) is 0 Å². The maximum atomic E-state index is 4.46. The Balaban J connectivity index is 1.58. The second-order valence-electron chi connectivity index (χ2n) is 5.03. The lowest BCUT2D eigenvalue weighted by molar-refractivity contribution is 0.413. The van der Waals surface area contributed by atoms with Crippen molar-refractivity contribution in [1.82, 2.24) is 10.3 Å². The van der Waals surface area contributed by atoms with Crippen molar-refractivity contribution >= 4 is 15.9 Å². The summed E-state index contributed by atoms with van der Waals surface area (Å²) >= 11 is 3.41. The molecule has 2 aliphatic rings. The third-order valence-electron chi connectivity index (χ3n) is 3.55. The summed E-state index contributed by atoms with van der Waals surface area (Å²) < 4.78 is 0.932. The molecule has 3 rings (SSSR count). The highest BCUT2D eigenvalue weighted by Gasteiger charge is 2.40. The number of hydrogen-bond donors (Lipinski definition) is 1. The van der Waals surface area contributed by atoms with E-state index in [1.807, 2.05) is 6.07 Å². The second-order valence-corrected chi connectivity index (χ2v) is 5.85. The summed E-state index contributed by atoms with van der Waals surface area (Å²) in [4.78, 5) is 4.46. The van der Waals surface area contributed by atoms with E-state index >= 15 is 0 Å². The smallest absolute Gasteiger partial charge is 0.106 e. The lowest BCUT2D eigenvalue weighted by Gasteiger charge is -2.17. The molecule has 0 unspecified atom stereocenters. The molecule has 2 nitrogen and oxygen atoms in total. The summed E-state index contributed by atoms with van der Waals surface area (Å²) in [7, 11) is 0. The van der Waals surface area contributed by atoms with Gasteiger partial charge >= 0.3 is 0 Å². The van der Waals surface area contributed by atoms with Crippen molar-refractivity contribution in [3.8, 4) is 0 Å². The minimum atomic E-state index is 0.765. The van der Waals surface area contributed by atoms with Gasteiger partial charge < -0.3 is 5.32 Å². The van der Waals surface area contributed by atoms with Crippen molar-refractivity contribution in [1.29, 1.82) is 0 Å². The van der Waals surface area contributed by atoms with E-state index in [9.17, 15) is 0 Å². The van der Waals surface area contributed by atoms with Crippen LogP contribution < -0.4 is 5.32 Å². The van der Waals surface area contributed by atoms with Crippen molar-refractivity contribution < 1.29 is 0 Å². The maximum absolute atomic E-state index is 4.46. The molecule has 0 amide bonds. The maximum Gasteiger partial charge on any atom is 0.106 e. The lowest BCUT2D eigenvalue weighted by atomic mass is 10.1. The fourth-order valence-corrected chi connectivity index (χ4v) is 2.78. The average Bonchev–Trinajstić information content (AvgIpc) is 3.13. The number of nitrogens with one attached hydrogen (secondary N) is 1. The molecule has 0 aliphatic heterocycles. The molecule has 2 aliphatic carbocycles. The molecule has 2 fully saturated rings. The molecule has 1 aromatic heterocycles. The summed E-state index contributed by atoms with van der Waals surface area (Å²) in [6, 6.07) is 6.88. The zero-order valence-corrected chi connectivity index (χ0v) is 10.9. The molecule has 0 bridgehead atoms. The van der Waals surface area contributed by atoms with E-state index in [1.54, 1.807) is 0 Å². The molecule has 0 spiro atoms. The first-order valence-corrected chi connectivity index (χ1v) is 6.97. The Labute approximate surface area is 105 Å². The highest BCUT2D eigenvalue weighted by molar-refractivity contribution is 9.10. The quantitative estimate of drug-likeness (QED) is 0.839. The Kier molecular flexibility index (Phi) is 2.99. The molecule has 3 heteroatoms. The first-order chi connectivity index (χ1) is 7.83. The topological polar surface area (TPSA) is 24.9 Å². The van der Waals surface area contributed by atoms with E-state index in [0.717, 1.165) is 34.7 Å². The van der Waals surface area contributed by atoms with E-state index < -0.39 is 0 Å². The van der Waals surface area contributed by atoms with Crippen LogP contribution in [0.4, 0.5) is 0 Å². The monoisotopic (exact) mass is 280 g/mol. The molecular formula is C13H17BrN2. The number of rotatable bonds is 5. The summed E-state index contributed by atoms with van der Waals surface area (Å²) in [5, 5.41) is 3.70. The van der Waals surface area contributed by atoms with Gasteiger partial charge in [0.2, 0.25) is 0 Å². The molecule has 0 radical (unpaired) electrons. The van der Waals surface area contributed by atoms with Crippen LogP contribution in [0.3, 0.4) is 0 Å². The van der Waals surface area contributed by atoms with Gasteiger partial charge in [-0.1, -0.05) is 6.07 Å². The SMILES string of the molecule is Brc1cccc(CNC(C2CC2)C2CC2)n1. The van der Waals surface area contributed by atoms with Gasteiger partial charge in [0, 0.05) is 12.6 Å². The van der Waals surface area contributed by atoms with Crippen LogP contribution in [0.1, 0.15) is 31.4 Å². The van der Waals surface area contributed by atoms with Gasteiger partial charge in [-0.2, -0.15) is 0 Å². The first-order valence-electron chi connectivity index (χ1n) is 6.18. The highest BCUT2D eigenvalue weighted by atomic mass is 79.9. The van der Waals surface area contributed by atoms with Crippen molar-refractivity contribution in [3.63, 3.8) is 0 Å². The third-order valence-corrected chi connectivity index (χ3v) is 3.99. The second kappa shape index (κ2) is 4.46. The minimum absolute atomic E-state index is 0.765. The van der Waals surface area contributed by atoms with Crippen molar-refractivity contribution in [2.24, 2.45) is 11.8 Å². The fourth-order valence-electron chi connectivity index (χ4n) is 2.40. The molecule has 0 atom stereocenters. The van der Waals surface area contributed by atoms with Crippen LogP contribution in [-0.2, 0) is 6.54 Å². The summed E-state index contributed by atoms with van der Waals surface area (Å²) in [6.07, 6.45) is 5.72. The van der Waals surface area contributed by atoms with Gasteiger partial charge in [0.15, 0.2) is 0 Å². The van der Waals surface area contributed by atoms with Crippen molar-refractivity contribution in [2.75, 3.05) is 0 Å². The van der Waals surface area contributed by atoms with Crippen LogP contribution in [0.5, 0.6) is 0 Å². The van der Waals surface area contributed by atoms with Crippen LogP contribution in [0.2, 0.25) is 0 Å². The van der Waals surface area contributed by atoms with Gasteiger partial charge in [0.1, 0.15) is 4.60 Å². The molecular weight excluding hydrogens is 264 g/mol. The van der Waals surface area contributed by atoms with E-state index in [4.69, 9.17) is 0 Å². The molecule has 2 saturated carbocycles. The fraction of sp³-hybridized carbons (Fsp3) is 0.615. The molecule has 1 N–H and O–H groups in total. The van der Waals surface area contributed by atoms with Crippen LogP contribution in [0.25, 0.3) is 0 Å². The predicted octanol–water partition coefficient (Wildman–Crippen LogP) is 3.12. The zero-order chi connectivity index (χ0) is 11.0. The Morgan fingerprint density at radius 3 is 2.50 bits per heavy atom. The number of aromatic nitrogens is 1. The van der Waals surface area contributed by atoms with Crippen molar-refractivity contribution in [2.45, 2.75) is 38.3 Å². The molecule has 1 aromatic rings. The zero-order valence-electron chi connectivity index (χ0n) is 9.32. The number of pyridine rings is 1. The number of halogens is 1. The van der Waals surface area contributed by atoms with Gasteiger partial charge in [-0.3, -0.25) is 0 Å². The molecule has 1 heterocycles.